The first-order chi connectivity index (χ1) is 12.0. The summed E-state index contributed by atoms with van der Waals surface area (Å²) >= 11 is 0. The number of fused-ring (bicyclic) bond motifs is 1. The Morgan fingerprint density at radius 1 is 0.880 bits per heavy atom. The molecule has 0 saturated heterocycles. The minimum absolute atomic E-state index is 0.00124. The fourth-order valence-electron chi connectivity index (χ4n) is 3.23. The molecule has 0 bridgehead atoms. The third kappa shape index (κ3) is 2.95. The Balaban J connectivity index is 1.79. The summed E-state index contributed by atoms with van der Waals surface area (Å²) in [4.78, 5) is 0. The van der Waals surface area contributed by atoms with E-state index in [1.807, 2.05) is 28.9 Å². The summed E-state index contributed by atoms with van der Waals surface area (Å²) in [5.41, 5.74) is 5.68. The highest BCUT2D eigenvalue weighted by atomic mass is 15.4. The van der Waals surface area contributed by atoms with Crippen LogP contribution in [0.15, 0.2) is 66.9 Å². The van der Waals surface area contributed by atoms with Crippen molar-refractivity contribution in [3.8, 4) is 11.1 Å². The van der Waals surface area contributed by atoms with E-state index >= 15 is 0 Å². The van der Waals surface area contributed by atoms with Gasteiger partial charge in [-0.05, 0) is 50.1 Å². The van der Waals surface area contributed by atoms with Crippen molar-refractivity contribution in [2.45, 2.75) is 32.9 Å². The Hall–Kier alpha value is -2.88. The van der Waals surface area contributed by atoms with Gasteiger partial charge in [0.2, 0.25) is 0 Å². The van der Waals surface area contributed by atoms with Gasteiger partial charge in [-0.2, -0.15) is 0 Å². The van der Waals surface area contributed by atoms with Crippen molar-refractivity contribution < 1.29 is 0 Å². The van der Waals surface area contributed by atoms with Crippen LogP contribution in [0.5, 0.6) is 0 Å². The lowest BCUT2D eigenvalue weighted by atomic mass is 10.1. The second-order valence-electron chi connectivity index (χ2n) is 7.36. The van der Waals surface area contributed by atoms with Crippen molar-refractivity contribution in [1.29, 1.82) is 0 Å². The average molecular weight is 330 g/mol. The summed E-state index contributed by atoms with van der Waals surface area (Å²) < 4.78 is 4.31. The Labute approximate surface area is 147 Å². The quantitative estimate of drug-likeness (QED) is 0.546. The summed E-state index contributed by atoms with van der Waals surface area (Å²) in [5, 5.41) is 8.62. The molecule has 4 nitrogen and oxygen atoms in total. The van der Waals surface area contributed by atoms with Crippen LogP contribution >= 0.6 is 0 Å². The SMILES string of the molecule is CC(C)(C)n1cc(-c2ccccc2)cc1Cn1nnc2ccccc21. The highest BCUT2D eigenvalue weighted by Gasteiger charge is 2.19. The third-order valence-corrected chi connectivity index (χ3v) is 4.46. The lowest BCUT2D eigenvalue weighted by Gasteiger charge is -2.24. The Morgan fingerprint density at radius 3 is 2.36 bits per heavy atom. The number of nitrogens with zero attached hydrogens (tertiary/aromatic N) is 4. The van der Waals surface area contributed by atoms with Crippen LogP contribution in [0.25, 0.3) is 22.2 Å². The zero-order valence-electron chi connectivity index (χ0n) is 14.8. The smallest absolute Gasteiger partial charge is 0.113 e. The number of hydrogen-bond acceptors (Lipinski definition) is 2. The fourth-order valence-corrected chi connectivity index (χ4v) is 3.23. The minimum Gasteiger partial charge on any atom is -0.344 e. The summed E-state index contributed by atoms with van der Waals surface area (Å²) in [6.07, 6.45) is 2.24. The monoisotopic (exact) mass is 330 g/mol. The van der Waals surface area contributed by atoms with E-state index in [0.717, 1.165) is 11.0 Å². The van der Waals surface area contributed by atoms with Crippen molar-refractivity contribution in [3.63, 3.8) is 0 Å². The molecule has 2 heterocycles. The Kier molecular flexibility index (Phi) is 3.68. The standard InChI is InChI=1S/C21H22N4/c1-21(2,3)24-14-17(16-9-5-4-6-10-16)13-18(24)15-25-20-12-8-7-11-19(20)22-23-25/h4-14H,15H2,1-3H3. The molecule has 0 unspecified atom stereocenters. The second-order valence-corrected chi connectivity index (χ2v) is 7.36. The second kappa shape index (κ2) is 5.88. The van der Waals surface area contributed by atoms with Gasteiger partial charge < -0.3 is 4.57 Å². The van der Waals surface area contributed by atoms with Crippen LogP contribution in [0.3, 0.4) is 0 Å². The fraction of sp³-hybridized carbons (Fsp3) is 0.238. The summed E-state index contributed by atoms with van der Waals surface area (Å²) in [6.45, 7) is 7.38. The molecule has 0 atom stereocenters. The van der Waals surface area contributed by atoms with Gasteiger partial charge >= 0.3 is 0 Å². The molecular formula is C21H22N4. The van der Waals surface area contributed by atoms with Crippen LogP contribution in [0.2, 0.25) is 0 Å². The first-order valence-corrected chi connectivity index (χ1v) is 8.58. The van der Waals surface area contributed by atoms with E-state index < -0.39 is 0 Å². The topological polar surface area (TPSA) is 35.6 Å². The van der Waals surface area contributed by atoms with Crippen molar-refractivity contribution >= 4 is 11.0 Å². The van der Waals surface area contributed by atoms with E-state index in [1.165, 1.54) is 16.8 Å². The number of hydrogen-bond donors (Lipinski definition) is 0. The molecule has 4 rings (SSSR count). The van der Waals surface area contributed by atoms with Gasteiger partial charge in [-0.3, -0.25) is 0 Å². The largest absolute Gasteiger partial charge is 0.344 e. The molecule has 0 N–H and O–H groups in total. The third-order valence-electron chi connectivity index (χ3n) is 4.46. The number of aromatic nitrogens is 4. The predicted molar refractivity (Wildman–Crippen MR) is 101 cm³/mol. The van der Waals surface area contributed by atoms with Crippen LogP contribution < -0.4 is 0 Å². The lowest BCUT2D eigenvalue weighted by molar-refractivity contribution is 0.381. The molecule has 2 aromatic carbocycles. The van der Waals surface area contributed by atoms with E-state index in [0.29, 0.717) is 6.54 Å². The van der Waals surface area contributed by atoms with Crippen molar-refractivity contribution in [1.82, 2.24) is 19.6 Å². The van der Waals surface area contributed by atoms with Crippen LogP contribution in [0.1, 0.15) is 26.5 Å². The van der Waals surface area contributed by atoms with Gasteiger partial charge in [0, 0.05) is 17.4 Å². The van der Waals surface area contributed by atoms with Crippen LogP contribution in [0.4, 0.5) is 0 Å². The molecule has 4 heteroatoms. The van der Waals surface area contributed by atoms with Gasteiger partial charge in [-0.15, -0.1) is 5.10 Å². The van der Waals surface area contributed by atoms with E-state index in [2.05, 4.69) is 78.2 Å². The van der Waals surface area contributed by atoms with Crippen molar-refractivity contribution in [2.24, 2.45) is 0 Å². The van der Waals surface area contributed by atoms with Crippen molar-refractivity contribution in [2.75, 3.05) is 0 Å². The maximum Gasteiger partial charge on any atom is 0.113 e. The number of benzene rings is 2. The predicted octanol–water partition coefficient (Wildman–Crippen LogP) is 4.70. The molecule has 0 radical (unpaired) electrons. The van der Waals surface area contributed by atoms with Crippen LogP contribution in [-0.2, 0) is 12.1 Å². The normalized spacial score (nSPS) is 12.0. The first kappa shape index (κ1) is 15.6. The van der Waals surface area contributed by atoms with Crippen LogP contribution in [-0.4, -0.2) is 19.6 Å². The molecule has 0 fully saturated rings. The zero-order chi connectivity index (χ0) is 17.4. The van der Waals surface area contributed by atoms with Gasteiger partial charge in [-0.25, -0.2) is 4.68 Å². The lowest BCUT2D eigenvalue weighted by Crippen LogP contribution is -2.24. The maximum atomic E-state index is 4.35. The van der Waals surface area contributed by atoms with E-state index in [9.17, 15) is 0 Å². The molecule has 0 aliphatic carbocycles. The maximum absolute atomic E-state index is 4.35. The van der Waals surface area contributed by atoms with Crippen LogP contribution in [0, 0.1) is 0 Å². The van der Waals surface area contributed by atoms with E-state index in [-0.39, 0.29) is 5.54 Å². The van der Waals surface area contributed by atoms with Gasteiger partial charge in [-0.1, -0.05) is 47.7 Å². The highest BCUT2D eigenvalue weighted by Crippen LogP contribution is 2.28. The van der Waals surface area contributed by atoms with Gasteiger partial charge in [0.1, 0.15) is 5.52 Å². The molecule has 126 valence electrons. The summed E-state index contributed by atoms with van der Waals surface area (Å²) in [6, 6.07) is 20.8. The zero-order valence-corrected chi connectivity index (χ0v) is 14.8. The molecule has 0 saturated carbocycles. The molecule has 0 amide bonds. The van der Waals surface area contributed by atoms with Gasteiger partial charge in [0.25, 0.3) is 0 Å². The van der Waals surface area contributed by atoms with E-state index in [1.54, 1.807) is 0 Å². The molecule has 25 heavy (non-hydrogen) atoms. The summed E-state index contributed by atoms with van der Waals surface area (Å²) in [7, 11) is 0. The molecule has 4 aromatic rings. The molecule has 2 aromatic heterocycles. The highest BCUT2D eigenvalue weighted by molar-refractivity contribution is 5.74. The number of para-hydroxylation sites is 1. The average Bonchev–Trinajstić information content (AvgIpc) is 3.21. The number of rotatable bonds is 3. The molecule has 0 spiro atoms. The Morgan fingerprint density at radius 2 is 1.60 bits per heavy atom. The molecule has 0 aliphatic heterocycles. The molecular weight excluding hydrogens is 308 g/mol. The minimum atomic E-state index is -0.00124. The van der Waals surface area contributed by atoms with E-state index in [4.69, 9.17) is 0 Å². The molecule has 0 aliphatic rings. The van der Waals surface area contributed by atoms with Crippen molar-refractivity contribution in [3.05, 3.63) is 72.6 Å². The van der Waals surface area contributed by atoms with Gasteiger partial charge in [0.05, 0.1) is 12.1 Å². The first-order valence-electron chi connectivity index (χ1n) is 8.58. The summed E-state index contributed by atoms with van der Waals surface area (Å²) in [5.74, 6) is 0. The Bertz CT molecular complexity index is 1000. The van der Waals surface area contributed by atoms with Gasteiger partial charge in [0.15, 0.2) is 0 Å².